The topological polar surface area (TPSA) is 191 Å². The highest BCUT2D eigenvalue weighted by Crippen LogP contribution is 2.32. The van der Waals surface area contributed by atoms with E-state index >= 15 is 0 Å². The lowest BCUT2D eigenvalue weighted by atomic mass is 9.92. The van der Waals surface area contributed by atoms with Crippen LogP contribution in [0.25, 0.3) is 0 Å². The second-order valence-corrected chi connectivity index (χ2v) is 15.5. The van der Waals surface area contributed by atoms with Crippen LogP contribution in [-0.4, -0.2) is 132 Å². The summed E-state index contributed by atoms with van der Waals surface area (Å²) in [7, 11) is 0. The smallest absolute Gasteiger partial charge is 0.344 e. The Bertz CT molecular complexity index is 1680. The first-order valence-electron chi connectivity index (χ1n) is 19.5. The molecule has 3 heterocycles. The molecule has 2 aromatic rings. The van der Waals surface area contributed by atoms with E-state index in [0.29, 0.717) is 57.9 Å². The Morgan fingerprint density at radius 3 is 2.21 bits per heavy atom. The molecule has 304 valence electrons. The van der Waals surface area contributed by atoms with Crippen molar-refractivity contribution in [1.29, 1.82) is 0 Å². The molecule has 4 N–H and O–H groups in total. The fraction of sp³-hybridized carbons (Fsp3) is 0.561. The number of oxime groups is 1. The van der Waals surface area contributed by atoms with Crippen molar-refractivity contribution in [3.8, 4) is 0 Å². The molecule has 3 aliphatic heterocycles. The zero-order chi connectivity index (χ0) is 40.2. The third kappa shape index (κ3) is 12.1. The van der Waals surface area contributed by atoms with Crippen LogP contribution in [0.3, 0.4) is 0 Å². The Balaban J connectivity index is 1.35. The Morgan fingerprint density at radius 2 is 1.61 bits per heavy atom. The van der Waals surface area contributed by atoms with Gasteiger partial charge in [0.2, 0.25) is 30.2 Å². The first kappa shape index (κ1) is 42.3. The van der Waals surface area contributed by atoms with E-state index < -0.39 is 66.1 Å². The van der Waals surface area contributed by atoms with Crippen LogP contribution in [0.2, 0.25) is 0 Å². The third-order valence-corrected chi connectivity index (χ3v) is 10.3. The predicted molar refractivity (Wildman–Crippen MR) is 208 cm³/mol. The minimum absolute atomic E-state index is 0.0935. The van der Waals surface area contributed by atoms with E-state index in [1.54, 1.807) is 11.8 Å². The summed E-state index contributed by atoms with van der Waals surface area (Å²) in [5.74, 6) is -2.69. The molecular weight excluding hydrogens is 720 g/mol. The SMILES string of the molecule is CC(C)C[C@H](NC(=O)[C@H](Cc1ccccc1)N1C(=O)[C@@H](NC(=O)[C@H](CCc2ccccc2)NC(=O)CN2CCOCC2)CC1C)/C(=N/OCC(=O)O)[C@@]1(C)CO1. The fourth-order valence-electron chi connectivity index (χ4n) is 7.31. The van der Waals surface area contributed by atoms with E-state index in [2.05, 4.69) is 21.1 Å². The first-order chi connectivity index (χ1) is 26.8. The Hall–Kier alpha value is -4.86. The van der Waals surface area contributed by atoms with Crippen LogP contribution in [0, 0.1) is 5.92 Å². The van der Waals surface area contributed by atoms with Gasteiger partial charge in [0.15, 0.2) is 0 Å². The van der Waals surface area contributed by atoms with Crippen molar-refractivity contribution in [3.05, 3.63) is 71.8 Å². The van der Waals surface area contributed by atoms with Gasteiger partial charge < -0.3 is 40.3 Å². The van der Waals surface area contributed by atoms with Gasteiger partial charge in [-0.2, -0.15) is 0 Å². The number of aryl methyl sites for hydroxylation is 1. The molecule has 3 fully saturated rings. The average molecular weight is 777 g/mol. The molecule has 1 unspecified atom stereocenters. The van der Waals surface area contributed by atoms with Gasteiger partial charge in [-0.15, -0.1) is 0 Å². The number of nitrogens with zero attached hydrogens (tertiary/aromatic N) is 3. The van der Waals surface area contributed by atoms with Crippen LogP contribution in [0.15, 0.2) is 65.8 Å². The van der Waals surface area contributed by atoms with Crippen molar-refractivity contribution in [2.75, 3.05) is 46.1 Å². The molecule has 0 aliphatic carbocycles. The monoisotopic (exact) mass is 776 g/mol. The van der Waals surface area contributed by atoms with Crippen LogP contribution in [0.4, 0.5) is 0 Å². The first-order valence-corrected chi connectivity index (χ1v) is 19.5. The van der Waals surface area contributed by atoms with E-state index in [0.717, 1.165) is 11.1 Å². The molecule has 4 amide bonds. The van der Waals surface area contributed by atoms with Crippen molar-refractivity contribution in [1.82, 2.24) is 25.8 Å². The molecule has 15 nitrogen and oxygen atoms in total. The molecule has 0 spiro atoms. The van der Waals surface area contributed by atoms with Gasteiger partial charge in [-0.1, -0.05) is 79.7 Å². The summed E-state index contributed by atoms with van der Waals surface area (Å²) in [5, 5.41) is 22.3. The second-order valence-electron chi connectivity index (χ2n) is 15.5. The van der Waals surface area contributed by atoms with Crippen molar-refractivity contribution >= 4 is 35.3 Å². The normalized spacial score (nSPS) is 22.9. The number of carboxylic acid groups (broad SMARTS) is 1. The van der Waals surface area contributed by atoms with Crippen LogP contribution >= 0.6 is 0 Å². The molecule has 5 rings (SSSR count). The molecule has 2 aromatic carbocycles. The zero-order valence-corrected chi connectivity index (χ0v) is 32.8. The van der Waals surface area contributed by atoms with Gasteiger partial charge in [-0.05, 0) is 56.6 Å². The van der Waals surface area contributed by atoms with Gasteiger partial charge in [0.25, 0.3) is 0 Å². The molecule has 6 atom stereocenters. The van der Waals surface area contributed by atoms with E-state index in [4.69, 9.17) is 19.4 Å². The molecule has 56 heavy (non-hydrogen) atoms. The highest BCUT2D eigenvalue weighted by molar-refractivity contribution is 6.02. The summed E-state index contributed by atoms with van der Waals surface area (Å²) >= 11 is 0. The fourth-order valence-corrected chi connectivity index (χ4v) is 7.31. The van der Waals surface area contributed by atoms with Crippen LogP contribution in [0.1, 0.15) is 58.1 Å². The number of carbonyl (C=O) groups excluding carboxylic acids is 4. The van der Waals surface area contributed by atoms with Crippen LogP contribution < -0.4 is 16.0 Å². The summed E-state index contributed by atoms with van der Waals surface area (Å²) in [5.41, 5.74) is 1.36. The number of ether oxygens (including phenoxy) is 2. The maximum absolute atomic E-state index is 14.5. The largest absolute Gasteiger partial charge is 0.479 e. The number of hydrogen-bond acceptors (Lipinski definition) is 10. The lowest BCUT2D eigenvalue weighted by Crippen LogP contribution is -2.57. The molecule has 0 bridgehead atoms. The number of nitrogens with one attached hydrogen (secondary N) is 3. The van der Waals surface area contributed by atoms with Crippen molar-refractivity contribution < 1.29 is 43.4 Å². The predicted octanol–water partition coefficient (Wildman–Crippen LogP) is 1.93. The standard InChI is InChI=1S/C41H56N6O9/c1-27(2)21-32(37(41(4)26-55-41)45-56-25-36(49)50)43-39(52)34(23-30-13-9-6-10-14-30)47-28(3)22-33(40(47)53)44-38(51)31(16-15-29-11-7-5-8-12-29)42-35(48)24-46-17-19-54-20-18-46/h5-14,27-28,31-34H,15-26H2,1-4H3,(H,42,48)(H,43,52)(H,44,51)(H,49,50)/b45-37-/t28?,31-,32-,33-,34-,41+/m0/s1. The molecule has 3 saturated heterocycles. The summed E-state index contributed by atoms with van der Waals surface area (Å²) < 4.78 is 11.1. The van der Waals surface area contributed by atoms with Crippen LogP contribution in [0.5, 0.6) is 0 Å². The second kappa shape index (κ2) is 19.8. The molecule has 0 aromatic heterocycles. The maximum atomic E-state index is 14.5. The molecule has 0 saturated carbocycles. The van der Waals surface area contributed by atoms with Gasteiger partial charge in [0.1, 0.15) is 29.4 Å². The van der Waals surface area contributed by atoms with Crippen molar-refractivity contribution in [3.63, 3.8) is 0 Å². The summed E-state index contributed by atoms with van der Waals surface area (Å²) in [6.07, 6.45) is 1.76. The van der Waals surface area contributed by atoms with E-state index in [-0.39, 0.29) is 31.2 Å². The number of aliphatic carboxylic acids is 1. The highest BCUT2D eigenvalue weighted by atomic mass is 16.6. The van der Waals surface area contributed by atoms with Gasteiger partial charge in [-0.3, -0.25) is 24.1 Å². The van der Waals surface area contributed by atoms with Crippen molar-refractivity contribution in [2.45, 2.75) is 95.6 Å². The number of rotatable bonds is 20. The van der Waals surface area contributed by atoms with Gasteiger partial charge in [0.05, 0.1) is 32.4 Å². The molecule has 0 radical (unpaired) electrons. The van der Waals surface area contributed by atoms with E-state index in [1.807, 2.05) is 86.3 Å². The zero-order valence-electron chi connectivity index (χ0n) is 32.8. The Kier molecular flexibility index (Phi) is 15.0. The number of benzene rings is 2. The quantitative estimate of drug-likeness (QED) is 0.0879. The number of carbonyl (C=O) groups is 5. The summed E-state index contributed by atoms with van der Waals surface area (Å²) in [6, 6.07) is 15.2. The highest BCUT2D eigenvalue weighted by Gasteiger charge is 2.50. The Morgan fingerprint density at radius 1 is 0.964 bits per heavy atom. The Labute approximate surface area is 328 Å². The van der Waals surface area contributed by atoms with E-state index in [1.165, 1.54) is 0 Å². The van der Waals surface area contributed by atoms with Gasteiger partial charge in [-0.25, -0.2) is 4.79 Å². The molecule has 3 aliphatic rings. The minimum atomic E-state index is -1.19. The lowest BCUT2D eigenvalue weighted by Gasteiger charge is -2.33. The van der Waals surface area contributed by atoms with Gasteiger partial charge >= 0.3 is 5.97 Å². The van der Waals surface area contributed by atoms with E-state index in [9.17, 15) is 24.0 Å². The number of amides is 4. The summed E-state index contributed by atoms with van der Waals surface area (Å²) in [6.45, 7) is 9.74. The van der Waals surface area contributed by atoms with Gasteiger partial charge in [0, 0.05) is 25.6 Å². The lowest BCUT2D eigenvalue weighted by molar-refractivity contribution is -0.142. The number of hydrogen-bond donors (Lipinski definition) is 4. The number of carboxylic acids is 1. The third-order valence-electron chi connectivity index (χ3n) is 10.3. The molecular formula is C41H56N6O9. The number of epoxide rings is 1. The average Bonchev–Trinajstić information content (AvgIpc) is 3.85. The number of morpholine rings is 1. The maximum Gasteiger partial charge on any atom is 0.344 e. The van der Waals surface area contributed by atoms with Crippen molar-refractivity contribution in [2.24, 2.45) is 11.1 Å². The minimum Gasteiger partial charge on any atom is -0.479 e. The molecule has 15 heteroatoms. The number of likely N-dealkylation sites (tertiary alicyclic amines) is 1. The summed E-state index contributed by atoms with van der Waals surface area (Å²) in [4.78, 5) is 75.9. The van der Waals surface area contributed by atoms with Crippen LogP contribution in [-0.2, 0) is 51.1 Å².